The van der Waals surface area contributed by atoms with Crippen molar-refractivity contribution in [2.45, 2.75) is 19.9 Å². The fraction of sp³-hybridized carbons (Fsp3) is 0.312. The number of hydrogen-bond acceptors (Lipinski definition) is 2. The summed E-state index contributed by atoms with van der Waals surface area (Å²) in [6.07, 6.45) is 0. The minimum absolute atomic E-state index is 0.0311. The van der Waals surface area contributed by atoms with E-state index in [-0.39, 0.29) is 17.9 Å². The summed E-state index contributed by atoms with van der Waals surface area (Å²) in [7, 11) is 0. The molecule has 0 bridgehead atoms. The molecule has 3 nitrogen and oxygen atoms in total. The maximum Gasteiger partial charge on any atom is 0.223 e. The standard InChI is InChI=1S/C16H20N2O/c1-11(2)16(19)18-15(10-17)14-8-7-12-5-3-4-6-13(12)9-14/h3-9,11,15H,10,17H2,1-2H3,(H,18,19). The molecule has 0 heterocycles. The Bertz CT molecular complexity index is 578. The summed E-state index contributed by atoms with van der Waals surface area (Å²) in [6.45, 7) is 4.16. The Hall–Kier alpha value is -1.87. The van der Waals surface area contributed by atoms with E-state index in [1.54, 1.807) is 0 Å². The van der Waals surface area contributed by atoms with Crippen LogP contribution >= 0.6 is 0 Å². The normalized spacial score (nSPS) is 12.6. The van der Waals surface area contributed by atoms with Crippen molar-refractivity contribution >= 4 is 16.7 Å². The summed E-state index contributed by atoms with van der Waals surface area (Å²) >= 11 is 0. The van der Waals surface area contributed by atoms with Crippen molar-refractivity contribution < 1.29 is 4.79 Å². The molecule has 0 spiro atoms. The van der Waals surface area contributed by atoms with Crippen LogP contribution in [0.3, 0.4) is 0 Å². The Morgan fingerprint density at radius 1 is 1.16 bits per heavy atom. The highest BCUT2D eigenvalue weighted by Crippen LogP contribution is 2.20. The zero-order chi connectivity index (χ0) is 13.8. The van der Waals surface area contributed by atoms with Crippen LogP contribution in [0.15, 0.2) is 42.5 Å². The predicted octanol–water partition coefficient (Wildman–Crippen LogP) is 2.61. The molecular formula is C16H20N2O. The Morgan fingerprint density at radius 3 is 2.47 bits per heavy atom. The Balaban J connectivity index is 2.27. The van der Waals surface area contributed by atoms with E-state index in [2.05, 4.69) is 29.6 Å². The second-order valence-corrected chi connectivity index (χ2v) is 5.06. The van der Waals surface area contributed by atoms with Gasteiger partial charge in [0.2, 0.25) is 5.91 Å². The van der Waals surface area contributed by atoms with Gasteiger partial charge in [-0.1, -0.05) is 50.2 Å². The van der Waals surface area contributed by atoms with E-state index >= 15 is 0 Å². The van der Waals surface area contributed by atoms with Gasteiger partial charge in [0.1, 0.15) is 0 Å². The largest absolute Gasteiger partial charge is 0.348 e. The monoisotopic (exact) mass is 256 g/mol. The molecule has 1 atom stereocenters. The highest BCUT2D eigenvalue weighted by molar-refractivity contribution is 5.83. The molecule has 2 aromatic rings. The Labute approximate surface area is 113 Å². The van der Waals surface area contributed by atoms with E-state index in [1.807, 2.05) is 32.0 Å². The molecule has 1 unspecified atom stereocenters. The smallest absolute Gasteiger partial charge is 0.223 e. The van der Waals surface area contributed by atoms with Crippen LogP contribution in [0.1, 0.15) is 25.5 Å². The summed E-state index contributed by atoms with van der Waals surface area (Å²) in [5, 5.41) is 5.34. The molecule has 0 aliphatic carbocycles. The molecule has 0 aliphatic rings. The molecule has 3 N–H and O–H groups in total. The lowest BCUT2D eigenvalue weighted by Crippen LogP contribution is -2.35. The van der Waals surface area contributed by atoms with Crippen LogP contribution in [0.4, 0.5) is 0 Å². The van der Waals surface area contributed by atoms with Crippen molar-refractivity contribution in [1.29, 1.82) is 0 Å². The van der Waals surface area contributed by atoms with Gasteiger partial charge in [0.05, 0.1) is 6.04 Å². The summed E-state index contributed by atoms with van der Waals surface area (Å²) in [4.78, 5) is 11.8. The van der Waals surface area contributed by atoms with Crippen LogP contribution in [0.25, 0.3) is 10.8 Å². The van der Waals surface area contributed by atoms with E-state index < -0.39 is 0 Å². The van der Waals surface area contributed by atoms with Gasteiger partial charge in [0.15, 0.2) is 0 Å². The quantitative estimate of drug-likeness (QED) is 0.883. The summed E-state index contributed by atoms with van der Waals surface area (Å²) < 4.78 is 0. The minimum atomic E-state index is -0.125. The van der Waals surface area contributed by atoms with Gasteiger partial charge in [-0.2, -0.15) is 0 Å². The molecule has 0 saturated carbocycles. The molecule has 0 saturated heterocycles. The van der Waals surface area contributed by atoms with Crippen LogP contribution in [0, 0.1) is 5.92 Å². The van der Waals surface area contributed by atoms with Gasteiger partial charge in [-0.3, -0.25) is 4.79 Å². The number of amides is 1. The summed E-state index contributed by atoms with van der Waals surface area (Å²) in [6, 6.07) is 14.2. The van der Waals surface area contributed by atoms with E-state index in [0.717, 1.165) is 10.9 Å². The van der Waals surface area contributed by atoms with Crippen LogP contribution in [-0.4, -0.2) is 12.5 Å². The molecular weight excluding hydrogens is 236 g/mol. The molecule has 100 valence electrons. The number of carbonyl (C=O) groups is 1. The van der Waals surface area contributed by atoms with Crippen LogP contribution in [-0.2, 0) is 4.79 Å². The van der Waals surface area contributed by atoms with E-state index in [1.165, 1.54) is 5.39 Å². The van der Waals surface area contributed by atoms with E-state index in [0.29, 0.717) is 6.54 Å². The van der Waals surface area contributed by atoms with Crippen LogP contribution < -0.4 is 11.1 Å². The van der Waals surface area contributed by atoms with Crippen molar-refractivity contribution in [3.05, 3.63) is 48.0 Å². The first kappa shape index (κ1) is 13.6. The van der Waals surface area contributed by atoms with Crippen LogP contribution in [0.2, 0.25) is 0 Å². The number of nitrogens with one attached hydrogen (secondary N) is 1. The third-order valence-corrected chi connectivity index (χ3v) is 3.25. The molecule has 1 amide bonds. The zero-order valence-corrected chi connectivity index (χ0v) is 11.4. The first-order valence-corrected chi connectivity index (χ1v) is 6.61. The SMILES string of the molecule is CC(C)C(=O)NC(CN)c1ccc2ccccc2c1. The van der Waals surface area contributed by atoms with Gasteiger partial charge in [-0.25, -0.2) is 0 Å². The molecule has 0 aromatic heterocycles. The summed E-state index contributed by atoms with van der Waals surface area (Å²) in [5.74, 6) is -0.00175. The van der Waals surface area contributed by atoms with Crippen molar-refractivity contribution in [2.75, 3.05) is 6.54 Å². The number of fused-ring (bicyclic) bond motifs is 1. The lowest BCUT2D eigenvalue weighted by atomic mass is 10.0. The van der Waals surface area contributed by atoms with Gasteiger partial charge in [0, 0.05) is 12.5 Å². The second-order valence-electron chi connectivity index (χ2n) is 5.06. The van der Waals surface area contributed by atoms with Gasteiger partial charge in [0.25, 0.3) is 0 Å². The first-order chi connectivity index (χ1) is 9.11. The van der Waals surface area contributed by atoms with Gasteiger partial charge < -0.3 is 11.1 Å². The Kier molecular flexibility index (Phi) is 4.17. The highest BCUT2D eigenvalue weighted by atomic mass is 16.1. The summed E-state index contributed by atoms with van der Waals surface area (Å²) in [5.41, 5.74) is 6.83. The lowest BCUT2D eigenvalue weighted by Gasteiger charge is -2.19. The first-order valence-electron chi connectivity index (χ1n) is 6.61. The lowest BCUT2D eigenvalue weighted by molar-refractivity contribution is -0.124. The van der Waals surface area contributed by atoms with Crippen molar-refractivity contribution in [1.82, 2.24) is 5.32 Å². The number of nitrogens with two attached hydrogens (primary N) is 1. The topological polar surface area (TPSA) is 55.1 Å². The van der Waals surface area contributed by atoms with Crippen LogP contribution in [0.5, 0.6) is 0 Å². The molecule has 0 fully saturated rings. The maximum absolute atomic E-state index is 11.8. The third-order valence-electron chi connectivity index (χ3n) is 3.25. The maximum atomic E-state index is 11.8. The number of carbonyl (C=O) groups excluding carboxylic acids is 1. The van der Waals surface area contributed by atoms with Gasteiger partial charge in [-0.15, -0.1) is 0 Å². The highest BCUT2D eigenvalue weighted by Gasteiger charge is 2.15. The molecule has 19 heavy (non-hydrogen) atoms. The third kappa shape index (κ3) is 3.12. The van der Waals surface area contributed by atoms with Gasteiger partial charge in [-0.05, 0) is 22.4 Å². The number of hydrogen-bond donors (Lipinski definition) is 2. The van der Waals surface area contributed by atoms with Gasteiger partial charge >= 0.3 is 0 Å². The molecule has 0 radical (unpaired) electrons. The van der Waals surface area contributed by atoms with Crippen molar-refractivity contribution in [3.63, 3.8) is 0 Å². The molecule has 3 heteroatoms. The predicted molar refractivity (Wildman–Crippen MR) is 78.7 cm³/mol. The van der Waals surface area contributed by atoms with E-state index in [9.17, 15) is 4.79 Å². The second kappa shape index (κ2) is 5.85. The molecule has 2 rings (SSSR count). The molecule has 2 aromatic carbocycles. The number of rotatable bonds is 4. The Morgan fingerprint density at radius 2 is 1.84 bits per heavy atom. The van der Waals surface area contributed by atoms with Crippen molar-refractivity contribution in [2.24, 2.45) is 11.7 Å². The van der Waals surface area contributed by atoms with Crippen molar-refractivity contribution in [3.8, 4) is 0 Å². The fourth-order valence-corrected chi connectivity index (χ4v) is 2.04. The van der Waals surface area contributed by atoms with E-state index in [4.69, 9.17) is 5.73 Å². The zero-order valence-electron chi connectivity index (χ0n) is 11.4. The average Bonchev–Trinajstić information content (AvgIpc) is 2.43. The fourth-order valence-electron chi connectivity index (χ4n) is 2.04. The minimum Gasteiger partial charge on any atom is -0.348 e. The average molecular weight is 256 g/mol. The number of benzene rings is 2. The molecule has 0 aliphatic heterocycles.